The van der Waals surface area contributed by atoms with Crippen molar-refractivity contribution in [1.82, 2.24) is 9.80 Å². The van der Waals surface area contributed by atoms with Gasteiger partial charge in [0.2, 0.25) is 5.91 Å². The zero-order valence-corrected chi connectivity index (χ0v) is 16.1. The van der Waals surface area contributed by atoms with E-state index in [1.807, 2.05) is 0 Å². The Labute approximate surface area is 157 Å². The molecule has 4 heteroatoms. The molecule has 1 aliphatic carbocycles. The van der Waals surface area contributed by atoms with Crippen molar-refractivity contribution < 1.29 is 4.79 Å². The lowest BCUT2D eigenvalue weighted by Crippen LogP contribution is -2.43. The van der Waals surface area contributed by atoms with Gasteiger partial charge in [0.25, 0.3) is 0 Å². The Morgan fingerprint density at radius 2 is 1.92 bits per heavy atom. The summed E-state index contributed by atoms with van der Waals surface area (Å²) in [6, 6.07) is 9.67. The monoisotopic (exact) mass is 355 g/mol. The molecule has 0 unspecified atom stereocenters. The molecule has 142 valence electrons. The number of nitrogens with zero attached hydrogens (tertiary/aromatic N) is 2. The minimum absolute atomic E-state index is 0.350. The highest BCUT2D eigenvalue weighted by atomic mass is 16.2. The molecule has 26 heavy (non-hydrogen) atoms. The van der Waals surface area contributed by atoms with Crippen LogP contribution in [0.5, 0.6) is 0 Å². The highest BCUT2D eigenvalue weighted by Gasteiger charge is 2.33. The molecular formula is C22H33N3O. The quantitative estimate of drug-likeness (QED) is 0.894. The van der Waals surface area contributed by atoms with Gasteiger partial charge in [-0.3, -0.25) is 9.69 Å². The van der Waals surface area contributed by atoms with Gasteiger partial charge in [0, 0.05) is 43.8 Å². The van der Waals surface area contributed by atoms with Crippen LogP contribution in [0.2, 0.25) is 0 Å². The van der Waals surface area contributed by atoms with E-state index in [9.17, 15) is 4.79 Å². The highest BCUT2D eigenvalue weighted by Crippen LogP contribution is 2.32. The van der Waals surface area contributed by atoms with Crippen molar-refractivity contribution in [1.29, 1.82) is 0 Å². The zero-order valence-electron chi connectivity index (χ0n) is 16.1. The third kappa shape index (κ3) is 3.90. The van der Waals surface area contributed by atoms with E-state index in [1.165, 1.54) is 49.8 Å². The number of amides is 1. The molecule has 2 atom stereocenters. The van der Waals surface area contributed by atoms with Crippen molar-refractivity contribution in [3.63, 3.8) is 0 Å². The van der Waals surface area contributed by atoms with E-state index in [1.54, 1.807) is 0 Å². The van der Waals surface area contributed by atoms with Crippen LogP contribution >= 0.6 is 0 Å². The molecule has 1 saturated carbocycles. The first kappa shape index (κ1) is 17.8. The summed E-state index contributed by atoms with van der Waals surface area (Å²) >= 11 is 0. The predicted octanol–water partition coefficient (Wildman–Crippen LogP) is 3.87. The summed E-state index contributed by atoms with van der Waals surface area (Å²) in [7, 11) is 2.25. The molecule has 4 nitrogen and oxygen atoms in total. The zero-order chi connectivity index (χ0) is 17.9. The molecule has 1 aromatic rings. The van der Waals surface area contributed by atoms with Crippen LogP contribution in [0.1, 0.15) is 56.9 Å². The number of hydrogen-bond acceptors (Lipinski definition) is 3. The van der Waals surface area contributed by atoms with Crippen LogP contribution in [0.25, 0.3) is 0 Å². The van der Waals surface area contributed by atoms with E-state index >= 15 is 0 Å². The second-order valence-corrected chi connectivity index (χ2v) is 8.53. The van der Waals surface area contributed by atoms with Gasteiger partial charge in [-0.2, -0.15) is 0 Å². The number of nitrogens with one attached hydrogen (secondary N) is 1. The third-order valence-corrected chi connectivity index (χ3v) is 6.93. The van der Waals surface area contributed by atoms with Gasteiger partial charge >= 0.3 is 0 Å². The van der Waals surface area contributed by atoms with E-state index in [4.69, 9.17) is 0 Å². The SMILES string of the molecule is CN1[C@@H]2CCNc3ccccc3CN(C(=O)CCC3CCC3)C[C@H]1CC2. The maximum Gasteiger partial charge on any atom is 0.222 e. The highest BCUT2D eigenvalue weighted by molar-refractivity contribution is 5.76. The predicted molar refractivity (Wildman–Crippen MR) is 106 cm³/mol. The van der Waals surface area contributed by atoms with Gasteiger partial charge in [-0.25, -0.2) is 0 Å². The number of benzene rings is 1. The summed E-state index contributed by atoms with van der Waals surface area (Å²) < 4.78 is 0. The van der Waals surface area contributed by atoms with Crippen LogP contribution < -0.4 is 5.32 Å². The number of likely N-dealkylation sites (N-methyl/N-ethyl adjacent to an activating group) is 1. The maximum atomic E-state index is 13.1. The Bertz CT molecular complexity index is 628. The minimum Gasteiger partial charge on any atom is -0.385 e. The van der Waals surface area contributed by atoms with Gasteiger partial charge in [0.1, 0.15) is 0 Å². The number of rotatable bonds is 3. The number of anilines is 1. The lowest BCUT2D eigenvalue weighted by Gasteiger charge is -2.32. The van der Waals surface area contributed by atoms with Gasteiger partial charge in [-0.1, -0.05) is 37.5 Å². The van der Waals surface area contributed by atoms with Crippen molar-refractivity contribution in [2.45, 2.75) is 70.0 Å². The summed E-state index contributed by atoms with van der Waals surface area (Å²) in [5.41, 5.74) is 2.45. The van der Waals surface area contributed by atoms with Crippen molar-refractivity contribution in [3.05, 3.63) is 29.8 Å². The topological polar surface area (TPSA) is 35.6 Å². The van der Waals surface area contributed by atoms with Crippen LogP contribution in [-0.2, 0) is 11.3 Å². The van der Waals surface area contributed by atoms with Gasteiger partial charge in [0.05, 0.1) is 0 Å². The van der Waals surface area contributed by atoms with E-state index in [2.05, 4.69) is 46.4 Å². The maximum absolute atomic E-state index is 13.1. The van der Waals surface area contributed by atoms with Gasteiger partial charge in [-0.15, -0.1) is 0 Å². The van der Waals surface area contributed by atoms with Crippen molar-refractivity contribution in [2.24, 2.45) is 5.92 Å². The first-order chi connectivity index (χ1) is 12.7. The normalized spacial score (nSPS) is 27.2. The third-order valence-electron chi connectivity index (χ3n) is 6.93. The minimum atomic E-state index is 0.350. The lowest BCUT2D eigenvalue weighted by atomic mass is 9.82. The van der Waals surface area contributed by atoms with E-state index < -0.39 is 0 Å². The fraction of sp³-hybridized carbons (Fsp3) is 0.682. The molecule has 1 N–H and O–H groups in total. The largest absolute Gasteiger partial charge is 0.385 e. The first-order valence-electron chi connectivity index (χ1n) is 10.5. The van der Waals surface area contributed by atoms with Crippen LogP contribution in [0.3, 0.4) is 0 Å². The number of carbonyl (C=O) groups is 1. The Balaban J connectivity index is 1.52. The summed E-state index contributed by atoms with van der Waals surface area (Å²) in [6.07, 6.45) is 9.47. The molecule has 1 amide bonds. The second kappa shape index (κ2) is 7.99. The molecule has 0 aromatic heterocycles. The summed E-state index contributed by atoms with van der Waals surface area (Å²) in [5, 5.41) is 3.63. The van der Waals surface area contributed by atoms with Crippen LogP contribution in [0, 0.1) is 5.92 Å². The van der Waals surface area contributed by atoms with E-state index in [0.29, 0.717) is 18.0 Å². The van der Waals surface area contributed by atoms with Crippen molar-refractivity contribution in [3.8, 4) is 0 Å². The van der Waals surface area contributed by atoms with E-state index in [0.717, 1.165) is 38.4 Å². The molecule has 1 saturated heterocycles. The first-order valence-corrected chi connectivity index (χ1v) is 10.5. The number of para-hydroxylation sites is 1. The van der Waals surface area contributed by atoms with Crippen LogP contribution in [0.4, 0.5) is 5.69 Å². The molecule has 2 fully saturated rings. The molecule has 3 aliphatic rings. The molecule has 2 bridgehead atoms. The Morgan fingerprint density at radius 3 is 2.73 bits per heavy atom. The molecule has 0 radical (unpaired) electrons. The lowest BCUT2D eigenvalue weighted by molar-refractivity contribution is -0.133. The van der Waals surface area contributed by atoms with E-state index in [-0.39, 0.29) is 0 Å². The fourth-order valence-electron chi connectivity index (χ4n) is 4.84. The summed E-state index contributed by atoms with van der Waals surface area (Å²) in [5.74, 6) is 1.15. The number of hydrogen-bond donors (Lipinski definition) is 1. The Morgan fingerprint density at radius 1 is 1.12 bits per heavy atom. The number of fused-ring (bicyclic) bond motifs is 3. The molecular weight excluding hydrogens is 322 g/mol. The standard InChI is InChI=1S/C22H33N3O/c1-24-19-10-11-20(24)16-25(22(26)12-9-17-5-4-6-17)15-18-7-2-3-8-21(18)23-14-13-19/h2-3,7-8,17,19-20,23H,4-6,9-16H2,1H3/t19-,20+/m0/s1. The Kier molecular flexibility index (Phi) is 5.49. The second-order valence-electron chi connectivity index (χ2n) is 8.53. The molecule has 2 heterocycles. The fourth-order valence-corrected chi connectivity index (χ4v) is 4.84. The Hall–Kier alpha value is -1.55. The van der Waals surface area contributed by atoms with Crippen LogP contribution in [-0.4, -0.2) is 47.9 Å². The van der Waals surface area contributed by atoms with Gasteiger partial charge in [0.15, 0.2) is 0 Å². The molecule has 1 aromatic carbocycles. The van der Waals surface area contributed by atoms with Gasteiger partial charge in [-0.05, 0) is 50.3 Å². The average molecular weight is 356 g/mol. The van der Waals surface area contributed by atoms with Crippen LogP contribution in [0.15, 0.2) is 24.3 Å². The summed E-state index contributed by atoms with van der Waals surface area (Å²) in [6.45, 7) is 2.63. The molecule has 2 aliphatic heterocycles. The number of carbonyl (C=O) groups excluding carboxylic acids is 1. The molecule has 4 rings (SSSR count). The smallest absolute Gasteiger partial charge is 0.222 e. The summed E-state index contributed by atoms with van der Waals surface area (Å²) in [4.78, 5) is 17.7. The van der Waals surface area contributed by atoms with Crippen molar-refractivity contribution in [2.75, 3.05) is 25.5 Å². The van der Waals surface area contributed by atoms with Gasteiger partial charge < -0.3 is 10.2 Å². The average Bonchev–Trinajstić information content (AvgIpc) is 2.92. The molecule has 0 spiro atoms. The van der Waals surface area contributed by atoms with Crippen molar-refractivity contribution >= 4 is 11.6 Å².